The number of carbonyl (C=O) groups is 1. The number of aromatic nitrogens is 1. The Morgan fingerprint density at radius 3 is 3.00 bits per heavy atom. The van der Waals surface area contributed by atoms with E-state index >= 15 is 0 Å². The first kappa shape index (κ1) is 12.8. The second-order valence-electron chi connectivity index (χ2n) is 4.28. The molecule has 0 bridgehead atoms. The minimum atomic E-state index is -0.535. The first-order valence-electron chi connectivity index (χ1n) is 5.79. The largest absolute Gasteiger partial charge is 0.494 e. The van der Waals surface area contributed by atoms with Gasteiger partial charge in [0, 0.05) is 26.3 Å². The van der Waals surface area contributed by atoms with Crippen molar-refractivity contribution in [3.63, 3.8) is 0 Å². The Hall–Kier alpha value is -1.66. The summed E-state index contributed by atoms with van der Waals surface area (Å²) in [6, 6.07) is 1.40. The number of β-amino-alcohol motifs (C(OH)–C–C–N with tert-alkyl or cyclic N) is 1. The highest BCUT2D eigenvalue weighted by molar-refractivity contribution is 5.96. The van der Waals surface area contributed by atoms with Crippen LogP contribution >= 0.6 is 0 Å². The molecule has 2 atom stereocenters. The van der Waals surface area contributed by atoms with Crippen LogP contribution in [0.3, 0.4) is 0 Å². The van der Waals surface area contributed by atoms with Gasteiger partial charge in [-0.1, -0.05) is 0 Å². The van der Waals surface area contributed by atoms with Crippen molar-refractivity contribution in [2.75, 3.05) is 27.2 Å². The van der Waals surface area contributed by atoms with Crippen molar-refractivity contribution in [1.29, 1.82) is 0 Å². The molecule has 18 heavy (non-hydrogen) atoms. The van der Waals surface area contributed by atoms with Crippen LogP contribution in [0.4, 0.5) is 0 Å². The molecular formula is C12H17N3O3. The molecule has 6 heteroatoms. The van der Waals surface area contributed by atoms with E-state index in [-0.39, 0.29) is 11.9 Å². The normalized spacial score (nSPS) is 22.8. The van der Waals surface area contributed by atoms with Crippen molar-refractivity contribution in [2.24, 2.45) is 0 Å². The molecule has 1 aliphatic rings. The Morgan fingerprint density at radius 1 is 1.61 bits per heavy atom. The number of nitrogens with zero attached hydrogens (tertiary/aromatic N) is 2. The van der Waals surface area contributed by atoms with E-state index in [4.69, 9.17) is 4.74 Å². The summed E-state index contributed by atoms with van der Waals surface area (Å²) in [6.07, 6.45) is 2.52. The molecule has 1 aromatic rings. The molecule has 6 nitrogen and oxygen atoms in total. The van der Waals surface area contributed by atoms with Gasteiger partial charge < -0.3 is 20.1 Å². The number of carbonyl (C=O) groups excluding carboxylic acids is 1. The first-order chi connectivity index (χ1) is 8.65. The van der Waals surface area contributed by atoms with Crippen LogP contribution in [0.1, 0.15) is 10.4 Å². The van der Waals surface area contributed by atoms with E-state index in [2.05, 4.69) is 10.3 Å². The van der Waals surface area contributed by atoms with Crippen molar-refractivity contribution in [2.45, 2.75) is 12.1 Å². The molecule has 2 heterocycles. The predicted molar refractivity (Wildman–Crippen MR) is 65.5 cm³/mol. The number of methoxy groups -OCH3 is 1. The molecule has 0 aromatic carbocycles. The van der Waals surface area contributed by atoms with Crippen LogP contribution in [0.15, 0.2) is 18.5 Å². The zero-order valence-electron chi connectivity index (χ0n) is 10.5. The van der Waals surface area contributed by atoms with Gasteiger partial charge in [-0.25, -0.2) is 0 Å². The van der Waals surface area contributed by atoms with E-state index in [9.17, 15) is 9.90 Å². The fraction of sp³-hybridized carbons (Fsp3) is 0.500. The highest BCUT2D eigenvalue weighted by atomic mass is 16.5. The quantitative estimate of drug-likeness (QED) is 0.757. The van der Waals surface area contributed by atoms with Crippen LogP contribution in [-0.2, 0) is 0 Å². The van der Waals surface area contributed by atoms with Gasteiger partial charge in [0.1, 0.15) is 5.75 Å². The lowest BCUT2D eigenvalue weighted by Crippen LogP contribution is -2.44. The molecule has 2 rings (SSSR count). The molecule has 98 valence electrons. The zero-order chi connectivity index (χ0) is 13.1. The highest BCUT2D eigenvalue weighted by Crippen LogP contribution is 2.19. The molecule has 1 saturated heterocycles. The lowest BCUT2D eigenvalue weighted by Gasteiger charge is -2.26. The summed E-state index contributed by atoms with van der Waals surface area (Å²) in [4.78, 5) is 17.8. The van der Waals surface area contributed by atoms with E-state index in [0.29, 0.717) is 24.4 Å². The Morgan fingerprint density at radius 2 is 2.39 bits per heavy atom. The minimum absolute atomic E-state index is 0.179. The number of aliphatic hydroxyl groups excluding tert-OH is 1. The highest BCUT2D eigenvalue weighted by Gasteiger charge is 2.32. The van der Waals surface area contributed by atoms with Crippen LogP contribution in [0.25, 0.3) is 0 Å². The third kappa shape index (κ3) is 2.30. The van der Waals surface area contributed by atoms with Crippen molar-refractivity contribution >= 4 is 5.91 Å². The Kier molecular flexibility index (Phi) is 3.78. The molecule has 2 N–H and O–H groups in total. The fourth-order valence-electron chi connectivity index (χ4n) is 2.11. The average molecular weight is 251 g/mol. The van der Waals surface area contributed by atoms with E-state index in [1.807, 2.05) is 0 Å². The van der Waals surface area contributed by atoms with Gasteiger partial charge in [0.2, 0.25) is 0 Å². The molecule has 0 saturated carbocycles. The SMILES string of the molecule is COc1cnccc1C(=O)N(C)[C@@H]1CNC[C@H]1O. The number of aliphatic hydroxyl groups is 1. The van der Waals surface area contributed by atoms with Crippen molar-refractivity contribution in [3.8, 4) is 5.75 Å². The van der Waals surface area contributed by atoms with Crippen LogP contribution in [0.5, 0.6) is 5.75 Å². The number of likely N-dealkylation sites (N-methyl/N-ethyl adjacent to an activating group) is 1. The lowest BCUT2D eigenvalue weighted by atomic mass is 10.1. The smallest absolute Gasteiger partial charge is 0.257 e. The maximum Gasteiger partial charge on any atom is 0.257 e. The first-order valence-corrected chi connectivity index (χ1v) is 5.79. The summed E-state index contributed by atoms with van der Waals surface area (Å²) in [6.45, 7) is 1.10. The second kappa shape index (κ2) is 5.32. The summed E-state index contributed by atoms with van der Waals surface area (Å²) in [7, 11) is 3.18. The fourth-order valence-corrected chi connectivity index (χ4v) is 2.11. The van der Waals surface area contributed by atoms with E-state index < -0.39 is 6.10 Å². The topological polar surface area (TPSA) is 74.7 Å². The third-order valence-corrected chi connectivity index (χ3v) is 3.20. The number of hydrogen-bond acceptors (Lipinski definition) is 5. The molecule has 0 unspecified atom stereocenters. The van der Waals surface area contributed by atoms with Crippen LogP contribution in [0.2, 0.25) is 0 Å². The van der Waals surface area contributed by atoms with Gasteiger partial charge in [-0.2, -0.15) is 0 Å². The maximum atomic E-state index is 12.3. The Labute approximate surface area is 106 Å². The summed E-state index contributed by atoms with van der Waals surface area (Å²) in [5.41, 5.74) is 0.453. The third-order valence-electron chi connectivity index (χ3n) is 3.20. The summed E-state index contributed by atoms with van der Waals surface area (Å²) < 4.78 is 5.12. The monoisotopic (exact) mass is 251 g/mol. The number of pyridine rings is 1. The second-order valence-corrected chi connectivity index (χ2v) is 4.28. The molecule has 0 aliphatic carbocycles. The molecule has 0 radical (unpaired) electrons. The Balaban J connectivity index is 2.20. The number of hydrogen-bond donors (Lipinski definition) is 2. The number of rotatable bonds is 3. The van der Waals surface area contributed by atoms with Crippen molar-refractivity contribution < 1.29 is 14.6 Å². The van der Waals surface area contributed by atoms with Gasteiger partial charge in [0.25, 0.3) is 5.91 Å². The molecule has 0 spiro atoms. The number of ether oxygens (including phenoxy) is 1. The van der Waals surface area contributed by atoms with Gasteiger partial charge in [0.15, 0.2) is 0 Å². The number of nitrogens with one attached hydrogen (secondary N) is 1. The molecule has 1 amide bonds. The summed E-state index contributed by atoms with van der Waals surface area (Å²) >= 11 is 0. The van der Waals surface area contributed by atoms with Gasteiger partial charge in [-0.3, -0.25) is 9.78 Å². The minimum Gasteiger partial charge on any atom is -0.494 e. The van der Waals surface area contributed by atoms with Crippen LogP contribution in [-0.4, -0.2) is 60.3 Å². The van der Waals surface area contributed by atoms with E-state index in [0.717, 1.165) is 0 Å². The molecular weight excluding hydrogens is 234 g/mol. The molecule has 1 aliphatic heterocycles. The van der Waals surface area contributed by atoms with E-state index in [1.54, 1.807) is 24.2 Å². The zero-order valence-corrected chi connectivity index (χ0v) is 10.5. The maximum absolute atomic E-state index is 12.3. The predicted octanol–water partition coefficient (Wildman–Crippen LogP) is -0.505. The standard InChI is InChI=1S/C12H17N3O3/c1-15(9-5-14-6-10(9)16)12(17)8-3-4-13-7-11(8)18-2/h3-4,7,9-10,14,16H,5-6H2,1-2H3/t9-,10-/m1/s1. The van der Waals surface area contributed by atoms with Crippen LogP contribution < -0.4 is 10.1 Å². The summed E-state index contributed by atoms with van der Waals surface area (Å²) in [5.74, 6) is 0.261. The molecule has 1 fully saturated rings. The average Bonchev–Trinajstić information content (AvgIpc) is 2.83. The number of amides is 1. The van der Waals surface area contributed by atoms with Gasteiger partial charge in [-0.05, 0) is 6.07 Å². The Bertz CT molecular complexity index is 438. The van der Waals surface area contributed by atoms with Gasteiger partial charge >= 0.3 is 0 Å². The van der Waals surface area contributed by atoms with E-state index in [1.165, 1.54) is 13.3 Å². The van der Waals surface area contributed by atoms with Gasteiger partial charge in [-0.15, -0.1) is 0 Å². The van der Waals surface area contributed by atoms with Crippen molar-refractivity contribution in [1.82, 2.24) is 15.2 Å². The summed E-state index contributed by atoms with van der Waals surface area (Å²) in [5, 5.41) is 12.8. The van der Waals surface area contributed by atoms with Crippen molar-refractivity contribution in [3.05, 3.63) is 24.0 Å². The molecule has 1 aromatic heterocycles. The lowest BCUT2D eigenvalue weighted by molar-refractivity contribution is 0.0578. The van der Waals surface area contributed by atoms with Gasteiger partial charge in [0.05, 0.1) is 31.0 Å². The van der Waals surface area contributed by atoms with Crippen LogP contribution in [0, 0.1) is 0 Å².